The van der Waals surface area contributed by atoms with E-state index in [2.05, 4.69) is 16.4 Å². The fourth-order valence-electron chi connectivity index (χ4n) is 3.44. The van der Waals surface area contributed by atoms with Crippen LogP contribution in [0.25, 0.3) is 0 Å². The summed E-state index contributed by atoms with van der Waals surface area (Å²) in [6.45, 7) is 2.18. The molecule has 0 saturated heterocycles. The normalized spacial score (nSPS) is 12.2. The Morgan fingerprint density at radius 1 is 0.737 bits per heavy atom. The van der Waals surface area contributed by atoms with Crippen molar-refractivity contribution in [2.24, 2.45) is 0 Å². The van der Waals surface area contributed by atoms with Crippen LogP contribution in [0.5, 0.6) is 0 Å². The molecule has 0 aromatic rings. The number of carboxylic acids is 3. The summed E-state index contributed by atoms with van der Waals surface area (Å²) in [6, 6.07) is -1.48. The Labute approximate surface area is 268 Å². The molecule has 0 aliphatic heterocycles. The average molecular weight is 586 g/mol. The third-order valence-corrected chi connectivity index (χ3v) is 6.95. The van der Waals surface area contributed by atoms with Crippen LogP contribution in [0, 0.1) is 0 Å². The second-order valence-electron chi connectivity index (χ2n) is 8.66. The van der Waals surface area contributed by atoms with E-state index in [-0.39, 0.29) is 65.5 Å². The third-order valence-electron chi connectivity index (χ3n) is 5.47. The van der Waals surface area contributed by atoms with Gasteiger partial charge in [-0.3, -0.25) is 19.2 Å². The Balaban J connectivity index is -0.00000612. The fraction of sp³-hybridized carbons (Fsp3) is 0.783. The Bertz CT molecular complexity index is 837. The summed E-state index contributed by atoms with van der Waals surface area (Å²) in [4.78, 5) is 56.9. The van der Waals surface area contributed by atoms with Gasteiger partial charge in [-0.25, -0.2) is 4.79 Å². The van der Waals surface area contributed by atoms with E-state index < -0.39 is 70.5 Å². The Morgan fingerprint density at radius 3 is 1.63 bits per heavy atom. The zero-order valence-corrected chi connectivity index (χ0v) is 21.6. The summed E-state index contributed by atoms with van der Waals surface area (Å²) < 4.78 is 27.9. The molecule has 38 heavy (non-hydrogen) atoms. The second-order valence-corrected chi connectivity index (χ2v) is 10.4. The van der Waals surface area contributed by atoms with E-state index in [9.17, 15) is 37.5 Å². The van der Waals surface area contributed by atoms with Crippen molar-refractivity contribution < 1.29 is 51.9 Å². The van der Waals surface area contributed by atoms with Gasteiger partial charge in [0.25, 0.3) is 0 Å². The van der Waals surface area contributed by atoms with Crippen LogP contribution in [0.15, 0.2) is 0 Å². The van der Waals surface area contributed by atoms with E-state index in [4.69, 9.17) is 10.2 Å². The molecule has 0 bridgehead atoms. The third kappa shape index (κ3) is 21.2. The molecule has 15 heteroatoms. The molecule has 0 spiro atoms. The fourth-order valence-corrected chi connectivity index (χ4v) is 4.49. The van der Waals surface area contributed by atoms with Crippen LogP contribution in [0.4, 0.5) is 0 Å². The van der Waals surface area contributed by atoms with Crippen molar-refractivity contribution in [3.63, 3.8) is 0 Å². The molecule has 0 aromatic carbocycles. The van der Waals surface area contributed by atoms with Gasteiger partial charge >= 0.3 is 93.1 Å². The van der Waals surface area contributed by atoms with Crippen molar-refractivity contribution in [2.45, 2.75) is 115 Å². The summed E-state index contributed by atoms with van der Waals surface area (Å²) in [5.74, 6) is -7.16. The Morgan fingerprint density at radius 2 is 1.21 bits per heavy atom. The number of aliphatic carboxylic acids is 3. The van der Waals surface area contributed by atoms with Crippen molar-refractivity contribution in [3.05, 3.63) is 0 Å². The van der Waals surface area contributed by atoms with Gasteiger partial charge < -0.3 is 24.8 Å². The van der Waals surface area contributed by atoms with Gasteiger partial charge in [-0.15, -0.1) is 0 Å². The van der Waals surface area contributed by atoms with Crippen molar-refractivity contribution in [3.8, 4) is 0 Å². The number of amides is 1. The van der Waals surface area contributed by atoms with Crippen LogP contribution in [0.3, 0.4) is 0 Å². The first-order chi connectivity index (χ1) is 16.9. The molecule has 212 valence electrons. The van der Waals surface area contributed by atoms with Crippen LogP contribution in [-0.2, 0) is 38.3 Å². The van der Waals surface area contributed by atoms with Gasteiger partial charge in [-0.2, -0.15) is 8.42 Å². The molecule has 0 aromatic heterocycles. The van der Waals surface area contributed by atoms with Crippen molar-refractivity contribution in [1.29, 1.82) is 0 Å². The summed E-state index contributed by atoms with van der Waals surface area (Å²) in [5, 5.41) is 26.5. The van der Waals surface area contributed by atoms with Gasteiger partial charge in [0.05, 0.1) is 6.42 Å². The molecule has 4 N–H and O–H groups in total. The maximum atomic E-state index is 12.1. The van der Waals surface area contributed by atoms with Crippen molar-refractivity contribution in [2.75, 3.05) is 0 Å². The zero-order valence-electron chi connectivity index (χ0n) is 20.8. The van der Waals surface area contributed by atoms with Crippen LogP contribution < -0.4 is 5.32 Å². The summed E-state index contributed by atoms with van der Waals surface area (Å²) in [5.41, 5.74) is 0. The zero-order chi connectivity index (χ0) is 27.6. The van der Waals surface area contributed by atoms with E-state index in [0.29, 0.717) is 6.42 Å². The summed E-state index contributed by atoms with van der Waals surface area (Å²) >= 11 is 0. The monoisotopic (exact) mass is 585 g/mol. The molecule has 1 unspecified atom stereocenters. The SMILES string of the molecule is CCCCCCCCCCCCCC(=O)N[C@H](CCC(=O)OS(=O)(=O)C(CC(=O)O)C(=O)O)C(=O)O.[NaH].[NaH]. The van der Waals surface area contributed by atoms with Gasteiger partial charge in [0.1, 0.15) is 6.04 Å². The number of carbonyl (C=O) groups is 5. The molecule has 12 nitrogen and oxygen atoms in total. The van der Waals surface area contributed by atoms with Gasteiger partial charge in [0.2, 0.25) is 11.2 Å². The predicted molar refractivity (Wildman–Crippen MR) is 143 cm³/mol. The number of unbranched alkanes of at least 4 members (excludes halogenated alkanes) is 10. The maximum absolute atomic E-state index is 12.1. The second kappa shape index (κ2) is 24.1. The molecule has 1 amide bonds. The van der Waals surface area contributed by atoms with Crippen molar-refractivity contribution in [1.82, 2.24) is 5.32 Å². The quantitative estimate of drug-likeness (QED) is 0.0815. The minimum atomic E-state index is -5.10. The number of carbonyl (C=O) groups excluding carboxylic acids is 2. The molecular formula is C23H41NNa2O11S. The number of hydrogen-bond donors (Lipinski definition) is 4. The topological polar surface area (TPSA) is 201 Å². The Kier molecular flexibility index (Phi) is 26.5. The first kappa shape index (κ1) is 41.8. The summed E-state index contributed by atoms with van der Waals surface area (Å²) in [6.07, 6.45) is 9.62. The molecule has 0 heterocycles. The molecule has 0 radical (unpaired) electrons. The number of rotatable bonds is 22. The number of nitrogens with one attached hydrogen (secondary N) is 1. The van der Waals surface area contributed by atoms with E-state index in [1.807, 2.05) is 0 Å². The minimum absolute atomic E-state index is 0. The molecule has 0 aliphatic rings. The van der Waals surface area contributed by atoms with E-state index in [1.165, 1.54) is 38.5 Å². The van der Waals surface area contributed by atoms with Crippen LogP contribution >= 0.6 is 0 Å². The molecule has 0 aliphatic carbocycles. The van der Waals surface area contributed by atoms with Crippen molar-refractivity contribution >= 4 is 99.0 Å². The number of carboxylic acid groups (broad SMARTS) is 3. The summed E-state index contributed by atoms with van der Waals surface area (Å²) in [7, 11) is -5.10. The van der Waals surface area contributed by atoms with E-state index in [0.717, 1.165) is 25.7 Å². The molecule has 0 fully saturated rings. The standard InChI is InChI=1S/C23H39NO11S.2Na.2H/c1-2-3-4-5-6-7-8-9-10-11-12-13-19(25)24-17(22(29)30)14-15-21(28)35-36(33,34)18(23(31)32)16-20(26)27;;;;/h17-18H,2-16H2,1H3,(H,24,25)(H,26,27)(H,29,30)(H,31,32);;;;/t17-,18?;;;;/m1..../s1. The molecular weight excluding hydrogens is 544 g/mol. The molecule has 0 rings (SSSR count). The van der Waals surface area contributed by atoms with Crippen LogP contribution in [-0.4, -0.2) is 124 Å². The van der Waals surface area contributed by atoms with E-state index in [1.54, 1.807) is 0 Å². The Hall–Kier alpha value is -0.700. The first-order valence-corrected chi connectivity index (χ1v) is 13.8. The van der Waals surface area contributed by atoms with Gasteiger partial charge in [-0.05, 0) is 12.8 Å². The van der Waals surface area contributed by atoms with Crippen LogP contribution in [0.2, 0.25) is 0 Å². The average Bonchev–Trinajstić information content (AvgIpc) is 2.77. The predicted octanol–water partition coefficient (Wildman–Crippen LogP) is 1.54. The number of hydrogen-bond acceptors (Lipinski definition) is 8. The molecule has 0 saturated carbocycles. The molecule has 2 atom stereocenters. The van der Waals surface area contributed by atoms with Gasteiger partial charge in [0, 0.05) is 12.8 Å². The van der Waals surface area contributed by atoms with Crippen LogP contribution in [0.1, 0.15) is 103 Å². The van der Waals surface area contributed by atoms with Gasteiger partial charge in [0.15, 0.2) is 0 Å². The van der Waals surface area contributed by atoms with E-state index >= 15 is 0 Å². The van der Waals surface area contributed by atoms with Gasteiger partial charge in [-0.1, -0.05) is 71.1 Å². The first-order valence-electron chi connectivity index (χ1n) is 12.3.